The number of nitrogens with zero attached hydrogens (tertiary/aromatic N) is 2. The number of rotatable bonds is 14. The summed E-state index contributed by atoms with van der Waals surface area (Å²) >= 11 is 19.3. The Hall–Kier alpha value is -2.85. The number of nitrogens with one attached hydrogen (secondary N) is 2. The van der Waals surface area contributed by atoms with Gasteiger partial charge in [0.15, 0.2) is 5.75 Å². The number of pyridine rings is 1. The molecule has 3 aromatic rings. The van der Waals surface area contributed by atoms with E-state index in [1.165, 1.54) is 5.56 Å². The fourth-order valence-corrected chi connectivity index (χ4v) is 7.30. The van der Waals surface area contributed by atoms with Gasteiger partial charge in [-0.15, -0.1) is 0 Å². The van der Waals surface area contributed by atoms with Crippen molar-refractivity contribution in [2.24, 2.45) is 0 Å². The molecule has 1 amide bonds. The normalized spacial score (nSPS) is 19.1. The zero-order valence-corrected chi connectivity index (χ0v) is 29.1. The minimum atomic E-state index is -0.0874. The lowest BCUT2D eigenvalue weighted by Gasteiger charge is -2.40. The summed E-state index contributed by atoms with van der Waals surface area (Å²) in [5, 5.41) is 8.83. The van der Waals surface area contributed by atoms with Gasteiger partial charge in [-0.3, -0.25) is 4.79 Å². The largest absolute Gasteiger partial charge is 0.487 e. The number of ether oxygens (including phenoxy) is 3. The second-order valence-electron chi connectivity index (χ2n) is 12.5. The van der Waals surface area contributed by atoms with Crippen molar-refractivity contribution >= 4 is 46.3 Å². The van der Waals surface area contributed by atoms with Crippen LogP contribution in [0.2, 0.25) is 15.1 Å². The van der Waals surface area contributed by atoms with Crippen LogP contribution in [0.15, 0.2) is 54.2 Å². The minimum absolute atomic E-state index is 0.0638. The van der Waals surface area contributed by atoms with Crippen molar-refractivity contribution in [2.45, 2.75) is 63.7 Å². The first-order valence-corrected chi connectivity index (χ1v) is 17.4. The van der Waals surface area contributed by atoms with Gasteiger partial charge in [0, 0.05) is 68.3 Å². The van der Waals surface area contributed by atoms with Crippen LogP contribution in [-0.2, 0) is 22.5 Å². The third-order valence-electron chi connectivity index (χ3n) is 8.85. The number of hydrogen-bond acceptors (Lipinski definition) is 7. The van der Waals surface area contributed by atoms with Crippen molar-refractivity contribution in [3.05, 3.63) is 91.6 Å². The fraction of sp³-hybridized carbons (Fsp3) is 0.444. The summed E-state index contributed by atoms with van der Waals surface area (Å²) in [6.07, 6.45) is 6.37. The molecule has 0 unspecified atom stereocenters. The van der Waals surface area contributed by atoms with E-state index in [0.717, 1.165) is 66.5 Å². The van der Waals surface area contributed by atoms with Gasteiger partial charge in [0.1, 0.15) is 13.2 Å². The van der Waals surface area contributed by atoms with Gasteiger partial charge in [-0.25, -0.2) is 4.98 Å². The minimum Gasteiger partial charge on any atom is -0.487 e. The fourth-order valence-electron chi connectivity index (χ4n) is 6.41. The van der Waals surface area contributed by atoms with Crippen molar-refractivity contribution in [1.29, 1.82) is 0 Å². The average Bonchev–Trinajstić information content (AvgIpc) is 3.90. The SMILES string of the molecule is COCCCc1ccc(Cl)c(CN(C(=O)C2=C(c3ccc(OCCOc4c(Cl)cc(C)cc4Cl)nc3)C[C@@H]3CNC[C@H]2N3)C2CC2)c1. The van der Waals surface area contributed by atoms with Gasteiger partial charge in [0.2, 0.25) is 5.88 Å². The van der Waals surface area contributed by atoms with Crippen LogP contribution in [0.3, 0.4) is 0 Å². The number of carbonyl (C=O) groups is 1. The number of aryl methyl sites for hydroxylation is 2. The van der Waals surface area contributed by atoms with Gasteiger partial charge in [0.25, 0.3) is 5.91 Å². The number of aromatic nitrogens is 1. The molecule has 1 saturated heterocycles. The van der Waals surface area contributed by atoms with E-state index in [4.69, 9.17) is 49.0 Å². The summed E-state index contributed by atoms with van der Waals surface area (Å²) < 4.78 is 16.9. The number of amides is 1. The summed E-state index contributed by atoms with van der Waals surface area (Å²) in [4.78, 5) is 21.2. The molecular formula is C36H41Cl3N4O4. The van der Waals surface area contributed by atoms with E-state index >= 15 is 0 Å². The molecule has 11 heteroatoms. The smallest absolute Gasteiger partial charge is 0.252 e. The first kappa shape index (κ1) is 34.0. The molecule has 2 aromatic carbocycles. The van der Waals surface area contributed by atoms with Crippen molar-refractivity contribution in [2.75, 3.05) is 40.0 Å². The summed E-state index contributed by atoms with van der Waals surface area (Å²) in [6, 6.07) is 14.0. The summed E-state index contributed by atoms with van der Waals surface area (Å²) in [5.41, 5.74) is 5.93. The number of methoxy groups -OCH3 is 1. The molecule has 0 radical (unpaired) electrons. The van der Waals surface area contributed by atoms with Crippen molar-refractivity contribution in [1.82, 2.24) is 20.5 Å². The van der Waals surface area contributed by atoms with E-state index in [1.54, 1.807) is 7.11 Å². The van der Waals surface area contributed by atoms with Crippen LogP contribution in [0.25, 0.3) is 5.57 Å². The monoisotopic (exact) mass is 698 g/mol. The lowest BCUT2D eigenvalue weighted by atomic mass is 9.84. The molecule has 0 spiro atoms. The third-order valence-corrected chi connectivity index (χ3v) is 9.78. The van der Waals surface area contributed by atoms with E-state index in [0.29, 0.717) is 46.4 Å². The molecular weight excluding hydrogens is 659 g/mol. The molecule has 2 bridgehead atoms. The molecule has 47 heavy (non-hydrogen) atoms. The van der Waals surface area contributed by atoms with Crippen LogP contribution in [0.4, 0.5) is 0 Å². The molecule has 3 heterocycles. The predicted octanol–water partition coefficient (Wildman–Crippen LogP) is 6.67. The molecule has 3 aliphatic rings. The Bertz CT molecular complexity index is 1590. The molecule has 2 fully saturated rings. The molecule has 1 saturated carbocycles. The Morgan fingerprint density at radius 1 is 0.979 bits per heavy atom. The van der Waals surface area contributed by atoms with Gasteiger partial charge < -0.3 is 29.7 Å². The van der Waals surface area contributed by atoms with Crippen LogP contribution in [0.5, 0.6) is 11.6 Å². The highest BCUT2D eigenvalue weighted by Gasteiger charge is 2.41. The van der Waals surface area contributed by atoms with Crippen LogP contribution in [0.1, 0.15) is 47.9 Å². The number of fused-ring (bicyclic) bond motifs is 2. The first-order valence-electron chi connectivity index (χ1n) is 16.3. The van der Waals surface area contributed by atoms with Crippen molar-refractivity contribution in [3.8, 4) is 11.6 Å². The Balaban J connectivity index is 1.18. The highest BCUT2D eigenvalue weighted by molar-refractivity contribution is 6.37. The van der Waals surface area contributed by atoms with Crippen LogP contribution in [-0.4, -0.2) is 73.9 Å². The second kappa shape index (κ2) is 15.6. The number of benzene rings is 2. The van der Waals surface area contributed by atoms with Crippen molar-refractivity contribution in [3.63, 3.8) is 0 Å². The van der Waals surface area contributed by atoms with E-state index in [2.05, 4.69) is 27.8 Å². The molecule has 250 valence electrons. The number of halogens is 3. The predicted molar refractivity (Wildman–Crippen MR) is 187 cm³/mol. The van der Waals surface area contributed by atoms with Gasteiger partial charge in [-0.1, -0.05) is 46.9 Å². The standard InChI is InChI=1S/C36H41Cl3N4O4/c1-22-14-30(38)35(31(39)15-22)47-13-12-46-33-10-6-24(18-41-33)28-17-26-19-40-20-32(42-26)34(28)36(44)43(27-7-8-27)21-25-16-23(4-3-11-45-2)5-9-29(25)37/h5-6,9-10,14-16,18,26-27,32,40,42H,3-4,7-8,11-13,17,19-21H2,1-2H3/t26-,32-/m1/s1. The highest BCUT2D eigenvalue weighted by atomic mass is 35.5. The summed E-state index contributed by atoms with van der Waals surface area (Å²) in [7, 11) is 1.72. The van der Waals surface area contributed by atoms with E-state index in [-0.39, 0.29) is 37.2 Å². The lowest BCUT2D eigenvalue weighted by Crippen LogP contribution is -2.60. The molecule has 8 nitrogen and oxygen atoms in total. The van der Waals surface area contributed by atoms with Gasteiger partial charge in [0.05, 0.1) is 16.1 Å². The van der Waals surface area contributed by atoms with Gasteiger partial charge in [-0.2, -0.15) is 0 Å². The zero-order chi connectivity index (χ0) is 32.9. The highest BCUT2D eigenvalue weighted by Crippen LogP contribution is 2.37. The Morgan fingerprint density at radius 3 is 2.49 bits per heavy atom. The molecule has 2 N–H and O–H groups in total. The summed E-state index contributed by atoms with van der Waals surface area (Å²) in [6.45, 7) is 5.18. The molecule has 2 atom stereocenters. The molecule has 2 aliphatic heterocycles. The van der Waals surface area contributed by atoms with Gasteiger partial charge >= 0.3 is 0 Å². The van der Waals surface area contributed by atoms with Crippen LogP contribution in [0, 0.1) is 6.92 Å². The molecule has 1 aromatic heterocycles. The Labute approximate surface area is 291 Å². The maximum absolute atomic E-state index is 14.6. The topological polar surface area (TPSA) is 85.0 Å². The van der Waals surface area contributed by atoms with Crippen LogP contribution < -0.4 is 20.1 Å². The Morgan fingerprint density at radius 2 is 1.77 bits per heavy atom. The average molecular weight is 700 g/mol. The second-order valence-corrected chi connectivity index (χ2v) is 13.7. The maximum Gasteiger partial charge on any atom is 0.252 e. The first-order chi connectivity index (χ1) is 22.8. The van der Waals surface area contributed by atoms with Crippen molar-refractivity contribution < 1.29 is 19.0 Å². The Kier molecular flexibility index (Phi) is 11.3. The van der Waals surface area contributed by atoms with Crippen LogP contribution >= 0.6 is 34.8 Å². The quantitative estimate of drug-likeness (QED) is 0.182. The van der Waals surface area contributed by atoms with E-state index in [1.807, 2.05) is 48.4 Å². The van der Waals surface area contributed by atoms with E-state index in [9.17, 15) is 4.79 Å². The third kappa shape index (κ3) is 8.42. The maximum atomic E-state index is 14.6. The zero-order valence-electron chi connectivity index (χ0n) is 26.8. The molecule has 6 rings (SSSR count). The number of carbonyl (C=O) groups excluding carboxylic acids is 1. The number of hydrogen-bond donors (Lipinski definition) is 2. The summed E-state index contributed by atoms with van der Waals surface area (Å²) in [5.74, 6) is 0.981. The lowest BCUT2D eigenvalue weighted by molar-refractivity contribution is -0.128. The van der Waals surface area contributed by atoms with Gasteiger partial charge in [-0.05, 0) is 91.1 Å². The molecule has 1 aliphatic carbocycles. The number of piperazine rings is 1. The van der Waals surface area contributed by atoms with E-state index < -0.39 is 0 Å².